The average Bonchev–Trinajstić information content (AvgIpc) is 2.91. The Hall–Kier alpha value is -1.62. The van der Waals surface area contributed by atoms with Crippen LogP contribution in [0, 0.1) is 0 Å². The molecule has 74 valence electrons. The van der Waals surface area contributed by atoms with Gasteiger partial charge in [-0.1, -0.05) is 6.07 Å². The second-order valence-corrected chi connectivity index (χ2v) is 3.18. The maximum Gasteiger partial charge on any atom is 0.348 e. The number of imidazole rings is 1. The van der Waals surface area contributed by atoms with E-state index in [0.29, 0.717) is 4.88 Å². The third-order valence-corrected chi connectivity index (χ3v) is 2.16. The Morgan fingerprint density at radius 2 is 2.50 bits per heavy atom. The molecule has 0 radical (unpaired) electrons. The van der Waals surface area contributed by atoms with Gasteiger partial charge in [0.1, 0.15) is 4.88 Å². The Morgan fingerprint density at radius 3 is 2.86 bits per heavy atom. The van der Waals surface area contributed by atoms with Gasteiger partial charge in [-0.25, -0.2) is 9.78 Å². The van der Waals surface area contributed by atoms with Gasteiger partial charge in [0, 0.05) is 12.4 Å². The highest BCUT2D eigenvalue weighted by molar-refractivity contribution is 7.11. The molecule has 0 fully saturated rings. The van der Waals surface area contributed by atoms with E-state index in [9.17, 15) is 4.79 Å². The first kappa shape index (κ1) is 10.5. The first-order chi connectivity index (χ1) is 6.84. The molecule has 0 aliphatic carbocycles. The number of carbonyl (C=O) groups is 1. The molecule has 5 heteroatoms. The number of ether oxygens (including phenoxy) is 1. The van der Waals surface area contributed by atoms with Gasteiger partial charge in [-0.15, -0.1) is 11.3 Å². The Balaban J connectivity index is 0.000000165. The molecule has 0 spiro atoms. The molecule has 4 nitrogen and oxygen atoms in total. The zero-order valence-electron chi connectivity index (χ0n) is 7.64. The van der Waals surface area contributed by atoms with Crippen molar-refractivity contribution in [2.24, 2.45) is 0 Å². The van der Waals surface area contributed by atoms with Gasteiger partial charge in [-0.05, 0) is 11.4 Å². The minimum atomic E-state index is -0.259. The zero-order chi connectivity index (χ0) is 10.2. The summed E-state index contributed by atoms with van der Waals surface area (Å²) in [7, 11) is 1.38. The molecule has 0 unspecified atom stereocenters. The molecular formula is C9H10N2O2S. The fourth-order valence-electron chi connectivity index (χ4n) is 0.710. The van der Waals surface area contributed by atoms with E-state index in [0.717, 1.165) is 0 Å². The summed E-state index contributed by atoms with van der Waals surface area (Å²) in [6.07, 6.45) is 5.08. The largest absolute Gasteiger partial charge is 0.465 e. The van der Waals surface area contributed by atoms with Crippen molar-refractivity contribution in [2.75, 3.05) is 7.11 Å². The second kappa shape index (κ2) is 5.93. The number of nitrogens with zero attached hydrogens (tertiary/aromatic N) is 1. The van der Waals surface area contributed by atoms with Crippen LogP contribution < -0.4 is 0 Å². The highest BCUT2D eigenvalue weighted by atomic mass is 32.1. The number of nitrogens with one attached hydrogen (secondary N) is 1. The third-order valence-electron chi connectivity index (χ3n) is 1.31. The minimum Gasteiger partial charge on any atom is -0.465 e. The van der Waals surface area contributed by atoms with E-state index in [-0.39, 0.29) is 5.97 Å². The number of methoxy groups -OCH3 is 1. The monoisotopic (exact) mass is 210 g/mol. The number of carbonyl (C=O) groups excluding carboxylic acids is 1. The Morgan fingerprint density at radius 1 is 1.64 bits per heavy atom. The number of hydrogen-bond acceptors (Lipinski definition) is 4. The quantitative estimate of drug-likeness (QED) is 0.732. The molecule has 2 aromatic rings. The fraction of sp³-hybridized carbons (Fsp3) is 0.111. The SMILES string of the molecule is COC(=O)c1cccs1.c1c[nH]cn1. The van der Waals surface area contributed by atoms with Crippen LogP contribution in [0.5, 0.6) is 0 Å². The summed E-state index contributed by atoms with van der Waals surface area (Å²) in [5, 5.41) is 1.84. The molecule has 2 heterocycles. The van der Waals surface area contributed by atoms with Crippen molar-refractivity contribution in [3.8, 4) is 0 Å². The summed E-state index contributed by atoms with van der Waals surface area (Å²) in [5.41, 5.74) is 0. The van der Waals surface area contributed by atoms with Crippen LogP contribution in [0.15, 0.2) is 36.2 Å². The molecular weight excluding hydrogens is 200 g/mol. The van der Waals surface area contributed by atoms with E-state index in [2.05, 4.69) is 14.7 Å². The normalized spacial score (nSPS) is 8.64. The highest BCUT2D eigenvalue weighted by Gasteiger charge is 2.03. The molecule has 14 heavy (non-hydrogen) atoms. The van der Waals surface area contributed by atoms with Crippen LogP contribution in [0.2, 0.25) is 0 Å². The number of H-pyrrole nitrogens is 1. The third kappa shape index (κ3) is 3.40. The van der Waals surface area contributed by atoms with Crippen LogP contribution >= 0.6 is 11.3 Å². The Bertz CT molecular complexity index is 326. The van der Waals surface area contributed by atoms with Crippen molar-refractivity contribution < 1.29 is 9.53 Å². The van der Waals surface area contributed by atoms with E-state index in [1.807, 2.05) is 11.4 Å². The van der Waals surface area contributed by atoms with E-state index >= 15 is 0 Å². The smallest absolute Gasteiger partial charge is 0.348 e. The number of esters is 1. The molecule has 2 aromatic heterocycles. The zero-order valence-corrected chi connectivity index (χ0v) is 8.45. The van der Waals surface area contributed by atoms with Crippen LogP contribution in [0.1, 0.15) is 9.67 Å². The van der Waals surface area contributed by atoms with E-state index in [4.69, 9.17) is 0 Å². The van der Waals surface area contributed by atoms with Crippen molar-refractivity contribution >= 4 is 17.3 Å². The highest BCUT2D eigenvalue weighted by Crippen LogP contribution is 2.08. The first-order valence-electron chi connectivity index (χ1n) is 3.89. The van der Waals surface area contributed by atoms with Crippen LogP contribution in [0.3, 0.4) is 0 Å². The van der Waals surface area contributed by atoms with Crippen LogP contribution in [-0.2, 0) is 4.74 Å². The molecule has 0 aliphatic heterocycles. The molecule has 0 saturated heterocycles. The maximum atomic E-state index is 10.7. The van der Waals surface area contributed by atoms with Gasteiger partial charge in [-0.2, -0.15) is 0 Å². The lowest BCUT2D eigenvalue weighted by Crippen LogP contribution is -1.96. The van der Waals surface area contributed by atoms with Gasteiger partial charge in [0.15, 0.2) is 0 Å². The predicted octanol–water partition coefficient (Wildman–Crippen LogP) is 1.94. The van der Waals surface area contributed by atoms with Crippen molar-refractivity contribution in [1.82, 2.24) is 9.97 Å². The summed E-state index contributed by atoms with van der Waals surface area (Å²) in [5.74, 6) is -0.259. The van der Waals surface area contributed by atoms with Gasteiger partial charge in [0.05, 0.1) is 13.4 Å². The molecule has 0 atom stereocenters. The van der Waals surface area contributed by atoms with E-state index < -0.39 is 0 Å². The van der Waals surface area contributed by atoms with Crippen LogP contribution in [0.25, 0.3) is 0 Å². The summed E-state index contributed by atoms with van der Waals surface area (Å²) in [4.78, 5) is 17.7. The molecule has 0 bridgehead atoms. The molecule has 0 amide bonds. The van der Waals surface area contributed by atoms with Crippen molar-refractivity contribution in [3.05, 3.63) is 41.1 Å². The lowest BCUT2D eigenvalue weighted by molar-refractivity contribution is 0.0606. The lowest BCUT2D eigenvalue weighted by Gasteiger charge is -1.90. The number of thiophene rings is 1. The lowest BCUT2D eigenvalue weighted by atomic mass is 10.5. The summed E-state index contributed by atoms with van der Waals surface area (Å²) < 4.78 is 4.47. The average molecular weight is 210 g/mol. The Labute approximate surface area is 85.6 Å². The number of aromatic nitrogens is 2. The summed E-state index contributed by atoms with van der Waals surface area (Å²) in [6.45, 7) is 0. The number of rotatable bonds is 1. The first-order valence-corrected chi connectivity index (χ1v) is 4.77. The minimum absolute atomic E-state index is 0.259. The van der Waals surface area contributed by atoms with E-state index in [1.165, 1.54) is 18.4 Å². The molecule has 0 saturated carbocycles. The standard InChI is InChI=1S/C6H6O2S.C3H4N2/c1-8-6(7)5-3-2-4-9-5;1-2-5-3-4-1/h2-4H,1H3;1-3H,(H,4,5). The van der Waals surface area contributed by atoms with Gasteiger partial charge >= 0.3 is 5.97 Å². The topological polar surface area (TPSA) is 55.0 Å². The van der Waals surface area contributed by atoms with Crippen LogP contribution in [-0.4, -0.2) is 23.0 Å². The van der Waals surface area contributed by atoms with E-state index in [1.54, 1.807) is 24.8 Å². The molecule has 1 N–H and O–H groups in total. The van der Waals surface area contributed by atoms with Crippen molar-refractivity contribution in [3.63, 3.8) is 0 Å². The van der Waals surface area contributed by atoms with Crippen molar-refractivity contribution in [1.29, 1.82) is 0 Å². The van der Waals surface area contributed by atoms with Gasteiger partial charge in [0.2, 0.25) is 0 Å². The number of hydrogen-bond donors (Lipinski definition) is 1. The van der Waals surface area contributed by atoms with Gasteiger partial charge in [0.25, 0.3) is 0 Å². The molecule has 0 aromatic carbocycles. The van der Waals surface area contributed by atoms with Gasteiger partial charge in [-0.3, -0.25) is 0 Å². The maximum absolute atomic E-state index is 10.7. The summed E-state index contributed by atoms with van der Waals surface area (Å²) in [6, 6.07) is 3.55. The fourth-order valence-corrected chi connectivity index (χ4v) is 1.35. The molecule has 2 rings (SSSR count). The molecule has 0 aliphatic rings. The predicted molar refractivity (Wildman–Crippen MR) is 54.2 cm³/mol. The van der Waals surface area contributed by atoms with Crippen molar-refractivity contribution in [2.45, 2.75) is 0 Å². The number of aromatic amines is 1. The Kier molecular flexibility index (Phi) is 4.43. The van der Waals surface area contributed by atoms with Crippen LogP contribution in [0.4, 0.5) is 0 Å². The van der Waals surface area contributed by atoms with Gasteiger partial charge < -0.3 is 9.72 Å². The summed E-state index contributed by atoms with van der Waals surface area (Å²) >= 11 is 1.38. The second-order valence-electron chi connectivity index (χ2n) is 2.23.